The van der Waals surface area contributed by atoms with Gasteiger partial charge < -0.3 is 20.1 Å². The third-order valence-corrected chi connectivity index (χ3v) is 4.43. The van der Waals surface area contributed by atoms with Gasteiger partial charge in [0, 0.05) is 28.6 Å². The standard InChI is InChI=1S/C21H21FN2O4/c1-12(2)11-24-18(10-23-21(27)28)19(13-4-3-5-14(22)8-13)17-9-15(25)6-7-16(17)20(24)26/h3-9,12,23,25H,10-11H2,1-2H3,(H,27,28). The monoisotopic (exact) mass is 384 g/mol. The van der Waals surface area contributed by atoms with E-state index in [-0.39, 0.29) is 23.8 Å². The quantitative estimate of drug-likeness (QED) is 0.621. The highest BCUT2D eigenvalue weighted by atomic mass is 19.1. The Morgan fingerprint density at radius 3 is 2.57 bits per heavy atom. The third-order valence-electron chi connectivity index (χ3n) is 4.43. The van der Waals surface area contributed by atoms with Gasteiger partial charge in [-0.05, 0) is 41.8 Å². The lowest BCUT2D eigenvalue weighted by atomic mass is 9.96. The molecule has 2 aromatic carbocycles. The molecule has 0 aliphatic heterocycles. The number of hydrogen-bond donors (Lipinski definition) is 3. The minimum Gasteiger partial charge on any atom is -0.508 e. The van der Waals surface area contributed by atoms with E-state index in [2.05, 4.69) is 5.32 Å². The molecule has 0 unspecified atom stereocenters. The van der Waals surface area contributed by atoms with Gasteiger partial charge >= 0.3 is 6.09 Å². The van der Waals surface area contributed by atoms with Crippen molar-refractivity contribution < 1.29 is 19.4 Å². The van der Waals surface area contributed by atoms with Gasteiger partial charge in [-0.1, -0.05) is 26.0 Å². The van der Waals surface area contributed by atoms with Crippen LogP contribution in [0.25, 0.3) is 21.9 Å². The number of nitrogens with zero attached hydrogens (tertiary/aromatic N) is 1. The van der Waals surface area contributed by atoms with Crippen LogP contribution in [0.4, 0.5) is 9.18 Å². The van der Waals surface area contributed by atoms with Crippen LogP contribution in [0.1, 0.15) is 19.5 Å². The zero-order chi connectivity index (χ0) is 20.4. The Morgan fingerprint density at radius 2 is 1.93 bits per heavy atom. The molecule has 1 amide bonds. The van der Waals surface area contributed by atoms with Crippen molar-refractivity contribution >= 4 is 16.9 Å². The number of pyridine rings is 1. The van der Waals surface area contributed by atoms with Gasteiger partial charge in [0.1, 0.15) is 11.6 Å². The number of carboxylic acid groups (broad SMARTS) is 1. The van der Waals surface area contributed by atoms with E-state index in [9.17, 15) is 19.1 Å². The third kappa shape index (κ3) is 3.83. The molecule has 7 heteroatoms. The molecular formula is C21H21FN2O4. The lowest BCUT2D eigenvalue weighted by Gasteiger charge is -2.21. The summed E-state index contributed by atoms with van der Waals surface area (Å²) in [5.41, 5.74) is 1.14. The van der Waals surface area contributed by atoms with Crippen LogP contribution in [-0.2, 0) is 13.1 Å². The maximum Gasteiger partial charge on any atom is 0.404 e. The first-order valence-corrected chi connectivity index (χ1v) is 8.89. The van der Waals surface area contributed by atoms with Crippen molar-refractivity contribution in [2.45, 2.75) is 26.9 Å². The molecule has 0 aliphatic rings. The number of aromatic nitrogens is 1. The van der Waals surface area contributed by atoms with Crippen LogP contribution >= 0.6 is 0 Å². The Morgan fingerprint density at radius 1 is 1.18 bits per heavy atom. The lowest BCUT2D eigenvalue weighted by molar-refractivity contribution is 0.193. The van der Waals surface area contributed by atoms with Gasteiger partial charge in [0.2, 0.25) is 0 Å². The van der Waals surface area contributed by atoms with E-state index in [1.54, 1.807) is 12.1 Å². The van der Waals surface area contributed by atoms with Crippen LogP contribution in [0, 0.1) is 11.7 Å². The molecule has 3 rings (SSSR count). The molecule has 3 N–H and O–H groups in total. The fraction of sp³-hybridized carbons (Fsp3) is 0.238. The summed E-state index contributed by atoms with van der Waals surface area (Å²) in [7, 11) is 0. The zero-order valence-corrected chi connectivity index (χ0v) is 15.6. The first kappa shape index (κ1) is 19.4. The maximum absolute atomic E-state index is 13.9. The molecule has 0 bridgehead atoms. The van der Waals surface area contributed by atoms with Crippen molar-refractivity contribution in [3.8, 4) is 16.9 Å². The fourth-order valence-corrected chi connectivity index (χ4v) is 3.35. The van der Waals surface area contributed by atoms with Gasteiger partial charge in [0.15, 0.2) is 0 Å². The molecule has 3 aromatic rings. The maximum atomic E-state index is 13.9. The summed E-state index contributed by atoms with van der Waals surface area (Å²) in [6.07, 6.45) is -1.23. The topological polar surface area (TPSA) is 91.6 Å². The number of hydrogen-bond acceptors (Lipinski definition) is 3. The molecule has 1 heterocycles. The van der Waals surface area contributed by atoms with Gasteiger partial charge in [-0.25, -0.2) is 9.18 Å². The van der Waals surface area contributed by atoms with Gasteiger partial charge in [0.05, 0.1) is 6.54 Å². The van der Waals surface area contributed by atoms with E-state index in [1.165, 1.54) is 34.9 Å². The van der Waals surface area contributed by atoms with Crippen molar-refractivity contribution in [2.24, 2.45) is 5.92 Å². The number of phenols is 1. The van der Waals surface area contributed by atoms with Crippen LogP contribution in [0.15, 0.2) is 47.3 Å². The van der Waals surface area contributed by atoms with Crippen LogP contribution in [0.3, 0.4) is 0 Å². The number of fused-ring (bicyclic) bond motifs is 1. The first-order chi connectivity index (χ1) is 13.3. The highest BCUT2D eigenvalue weighted by molar-refractivity contribution is 5.98. The van der Waals surface area contributed by atoms with Crippen molar-refractivity contribution in [3.63, 3.8) is 0 Å². The van der Waals surface area contributed by atoms with Crippen molar-refractivity contribution in [3.05, 3.63) is 64.3 Å². The van der Waals surface area contributed by atoms with Crippen LogP contribution in [0.5, 0.6) is 5.75 Å². The smallest absolute Gasteiger partial charge is 0.404 e. The fourth-order valence-electron chi connectivity index (χ4n) is 3.35. The Kier molecular flexibility index (Phi) is 5.35. The summed E-state index contributed by atoms with van der Waals surface area (Å²) >= 11 is 0. The Hall–Kier alpha value is -3.35. The normalized spacial score (nSPS) is 11.1. The van der Waals surface area contributed by atoms with E-state index in [4.69, 9.17) is 5.11 Å². The van der Waals surface area contributed by atoms with E-state index in [0.717, 1.165) is 0 Å². The van der Waals surface area contributed by atoms with Crippen molar-refractivity contribution in [1.29, 1.82) is 0 Å². The minimum atomic E-state index is -1.23. The van der Waals surface area contributed by atoms with E-state index < -0.39 is 11.9 Å². The predicted octanol–water partition coefficient (Wildman–Crippen LogP) is 3.94. The van der Waals surface area contributed by atoms with Crippen LogP contribution in [-0.4, -0.2) is 20.9 Å². The highest BCUT2D eigenvalue weighted by Crippen LogP contribution is 2.33. The summed E-state index contributed by atoms with van der Waals surface area (Å²) in [5.74, 6) is -0.371. The van der Waals surface area contributed by atoms with Crippen LogP contribution in [0.2, 0.25) is 0 Å². The molecule has 28 heavy (non-hydrogen) atoms. The second-order valence-electron chi connectivity index (χ2n) is 7.03. The van der Waals surface area contributed by atoms with Gasteiger partial charge in [-0.2, -0.15) is 0 Å². The van der Waals surface area contributed by atoms with Crippen molar-refractivity contribution in [1.82, 2.24) is 9.88 Å². The molecule has 0 atom stereocenters. The molecular weight excluding hydrogens is 363 g/mol. The molecule has 0 radical (unpaired) electrons. The number of phenolic OH excluding ortho intramolecular Hbond substituents is 1. The molecule has 0 spiro atoms. The number of amides is 1. The summed E-state index contributed by atoms with van der Waals surface area (Å²) in [5, 5.41) is 22.2. The number of benzene rings is 2. The molecule has 146 valence electrons. The molecule has 0 saturated heterocycles. The van der Waals surface area contributed by atoms with Gasteiger partial charge in [0.25, 0.3) is 5.56 Å². The summed E-state index contributed by atoms with van der Waals surface area (Å²) in [6.45, 7) is 4.14. The summed E-state index contributed by atoms with van der Waals surface area (Å²) in [4.78, 5) is 24.2. The molecule has 0 aliphatic carbocycles. The van der Waals surface area contributed by atoms with Crippen molar-refractivity contribution in [2.75, 3.05) is 0 Å². The van der Waals surface area contributed by atoms with Crippen LogP contribution < -0.4 is 10.9 Å². The predicted molar refractivity (Wildman–Crippen MR) is 105 cm³/mol. The van der Waals surface area contributed by atoms with E-state index in [1.807, 2.05) is 13.8 Å². The number of nitrogens with one attached hydrogen (secondary N) is 1. The van der Waals surface area contributed by atoms with Gasteiger partial charge in [-0.15, -0.1) is 0 Å². The Balaban J connectivity index is 2.45. The molecule has 0 saturated carbocycles. The second-order valence-corrected chi connectivity index (χ2v) is 7.03. The molecule has 6 nitrogen and oxygen atoms in total. The number of carbonyl (C=O) groups is 1. The average Bonchev–Trinajstić information content (AvgIpc) is 2.62. The largest absolute Gasteiger partial charge is 0.508 e. The second kappa shape index (κ2) is 7.72. The van der Waals surface area contributed by atoms with E-state index in [0.29, 0.717) is 34.1 Å². The van der Waals surface area contributed by atoms with E-state index >= 15 is 0 Å². The zero-order valence-electron chi connectivity index (χ0n) is 15.6. The first-order valence-electron chi connectivity index (χ1n) is 8.89. The minimum absolute atomic E-state index is 0.0386. The Labute approximate surface area is 160 Å². The molecule has 1 aromatic heterocycles. The summed E-state index contributed by atoms with van der Waals surface area (Å²) in [6, 6.07) is 10.3. The Bertz CT molecular complexity index is 1110. The number of halogens is 1. The highest BCUT2D eigenvalue weighted by Gasteiger charge is 2.20. The average molecular weight is 384 g/mol. The summed E-state index contributed by atoms with van der Waals surface area (Å²) < 4.78 is 15.5. The van der Waals surface area contributed by atoms with Gasteiger partial charge in [-0.3, -0.25) is 4.79 Å². The number of aromatic hydroxyl groups is 1. The number of rotatable bonds is 5. The SMILES string of the molecule is CC(C)Cn1c(CNC(=O)O)c(-c2cccc(F)c2)c2cc(O)ccc2c1=O. The molecule has 0 fully saturated rings. The lowest BCUT2D eigenvalue weighted by Crippen LogP contribution is -2.31.